The summed E-state index contributed by atoms with van der Waals surface area (Å²) >= 11 is 0. The lowest BCUT2D eigenvalue weighted by Crippen LogP contribution is -2.45. The molecule has 0 aliphatic heterocycles. The first-order valence-electron chi connectivity index (χ1n) is 12.8. The summed E-state index contributed by atoms with van der Waals surface area (Å²) in [5, 5.41) is 0. The van der Waals surface area contributed by atoms with Crippen molar-refractivity contribution in [2.75, 3.05) is 28.4 Å². The van der Waals surface area contributed by atoms with Gasteiger partial charge in [0, 0.05) is 30.6 Å². The molecule has 0 spiro atoms. The molecule has 0 aliphatic rings. The maximum atomic E-state index is 13.8. The second-order valence-corrected chi connectivity index (χ2v) is 9.20. The maximum Gasteiger partial charge on any atom is 0.324 e. The fraction of sp³-hybridized carbons (Fsp3) is 0.242. The Balaban J connectivity index is 1.91. The molecule has 4 aromatic carbocycles. The van der Waals surface area contributed by atoms with E-state index in [1.165, 1.54) is 7.11 Å². The molecule has 0 saturated carbocycles. The van der Waals surface area contributed by atoms with E-state index in [0.29, 0.717) is 24.6 Å². The number of nitrogens with zero attached hydrogens (tertiary/aromatic N) is 1. The number of rotatable bonds is 12. The Morgan fingerprint density at radius 3 is 1.69 bits per heavy atom. The van der Waals surface area contributed by atoms with E-state index in [2.05, 4.69) is 29.2 Å². The van der Waals surface area contributed by atoms with Gasteiger partial charge in [0.2, 0.25) is 0 Å². The Bertz CT molecular complexity index is 1280. The zero-order chi connectivity index (χ0) is 27.6. The normalized spacial score (nSPS) is 12.4. The molecule has 0 heterocycles. The van der Waals surface area contributed by atoms with E-state index in [0.717, 1.165) is 28.0 Å². The zero-order valence-electron chi connectivity index (χ0n) is 22.9. The SMILES string of the molecule is COC(=O)[C@H]([C@H](c1ccc(OC)cc1)c1ccc(OC)cc1OC)N(Cc1ccccc1)Cc1ccccc1. The topological polar surface area (TPSA) is 57.2 Å². The van der Waals surface area contributed by atoms with E-state index in [1.807, 2.05) is 78.9 Å². The average Bonchev–Trinajstić information content (AvgIpc) is 3.00. The van der Waals surface area contributed by atoms with Gasteiger partial charge in [-0.1, -0.05) is 78.9 Å². The van der Waals surface area contributed by atoms with Crippen LogP contribution in [0.15, 0.2) is 103 Å². The summed E-state index contributed by atoms with van der Waals surface area (Å²) < 4.78 is 22.2. The summed E-state index contributed by atoms with van der Waals surface area (Å²) in [6.07, 6.45) is 0. The van der Waals surface area contributed by atoms with Crippen LogP contribution in [0.25, 0.3) is 0 Å². The Hall–Kier alpha value is -4.29. The minimum atomic E-state index is -0.675. The molecule has 0 N–H and O–H groups in total. The van der Waals surface area contributed by atoms with Crippen molar-refractivity contribution in [3.8, 4) is 17.2 Å². The highest BCUT2D eigenvalue weighted by molar-refractivity contribution is 5.78. The van der Waals surface area contributed by atoms with Crippen LogP contribution in [0, 0.1) is 0 Å². The molecule has 0 radical (unpaired) electrons. The third-order valence-electron chi connectivity index (χ3n) is 6.86. The number of benzene rings is 4. The van der Waals surface area contributed by atoms with Crippen molar-refractivity contribution in [2.24, 2.45) is 0 Å². The van der Waals surface area contributed by atoms with Crippen molar-refractivity contribution < 1.29 is 23.7 Å². The quantitative estimate of drug-likeness (QED) is 0.209. The highest BCUT2D eigenvalue weighted by Gasteiger charge is 2.38. The summed E-state index contributed by atoms with van der Waals surface area (Å²) in [7, 11) is 6.32. The Morgan fingerprint density at radius 1 is 0.667 bits per heavy atom. The largest absolute Gasteiger partial charge is 0.497 e. The molecule has 39 heavy (non-hydrogen) atoms. The average molecular weight is 526 g/mol. The van der Waals surface area contributed by atoms with Crippen LogP contribution in [0.5, 0.6) is 17.2 Å². The van der Waals surface area contributed by atoms with Crippen LogP contribution in [0.2, 0.25) is 0 Å². The molecule has 202 valence electrons. The number of esters is 1. The molecular weight excluding hydrogens is 490 g/mol. The van der Waals surface area contributed by atoms with Gasteiger partial charge < -0.3 is 18.9 Å². The van der Waals surface area contributed by atoms with Crippen LogP contribution in [0.1, 0.15) is 28.2 Å². The van der Waals surface area contributed by atoms with E-state index in [4.69, 9.17) is 18.9 Å². The molecule has 0 fully saturated rings. The number of hydrogen-bond acceptors (Lipinski definition) is 6. The zero-order valence-corrected chi connectivity index (χ0v) is 22.9. The van der Waals surface area contributed by atoms with Gasteiger partial charge in [-0.15, -0.1) is 0 Å². The smallest absolute Gasteiger partial charge is 0.324 e. The molecule has 0 aliphatic carbocycles. The van der Waals surface area contributed by atoms with E-state index in [1.54, 1.807) is 21.3 Å². The van der Waals surface area contributed by atoms with Gasteiger partial charge in [0.15, 0.2) is 0 Å². The monoisotopic (exact) mass is 525 g/mol. The Labute approximate surface area is 230 Å². The predicted molar refractivity (Wildman–Crippen MR) is 152 cm³/mol. The standard InChI is InChI=1S/C33H35NO5/c1-36-27-17-15-26(16-18-27)31(29-20-19-28(37-2)21-30(29)38-3)32(33(35)39-4)34(22-24-11-7-5-8-12-24)23-25-13-9-6-10-14-25/h5-21,31-32H,22-23H2,1-4H3/t31-,32+/m1/s1. The fourth-order valence-electron chi connectivity index (χ4n) is 4.92. The van der Waals surface area contributed by atoms with Crippen molar-refractivity contribution >= 4 is 5.97 Å². The third-order valence-corrected chi connectivity index (χ3v) is 6.86. The van der Waals surface area contributed by atoms with Gasteiger partial charge in [-0.25, -0.2) is 0 Å². The number of methoxy groups -OCH3 is 4. The van der Waals surface area contributed by atoms with Gasteiger partial charge >= 0.3 is 5.97 Å². The Kier molecular flexibility index (Phi) is 9.59. The van der Waals surface area contributed by atoms with Crippen LogP contribution in [-0.4, -0.2) is 45.4 Å². The molecule has 0 bridgehead atoms. The molecule has 4 rings (SSSR count). The molecule has 0 amide bonds. The van der Waals surface area contributed by atoms with Crippen LogP contribution in [0.3, 0.4) is 0 Å². The van der Waals surface area contributed by atoms with Gasteiger partial charge in [-0.05, 0) is 34.9 Å². The highest BCUT2D eigenvalue weighted by Crippen LogP contribution is 2.40. The molecule has 6 nitrogen and oxygen atoms in total. The second-order valence-electron chi connectivity index (χ2n) is 9.20. The predicted octanol–water partition coefficient (Wildman–Crippen LogP) is 6.09. The fourth-order valence-corrected chi connectivity index (χ4v) is 4.92. The highest BCUT2D eigenvalue weighted by atomic mass is 16.5. The van der Waals surface area contributed by atoms with Crippen molar-refractivity contribution in [1.29, 1.82) is 0 Å². The first-order chi connectivity index (χ1) is 19.1. The first kappa shape index (κ1) is 27.7. The molecule has 0 unspecified atom stereocenters. The van der Waals surface area contributed by atoms with E-state index >= 15 is 0 Å². The molecular formula is C33H35NO5. The van der Waals surface area contributed by atoms with Gasteiger partial charge in [0.25, 0.3) is 0 Å². The number of ether oxygens (including phenoxy) is 4. The number of carbonyl (C=O) groups is 1. The lowest BCUT2D eigenvalue weighted by Gasteiger charge is -2.36. The second kappa shape index (κ2) is 13.5. The molecule has 0 aromatic heterocycles. The summed E-state index contributed by atoms with van der Waals surface area (Å²) in [5.41, 5.74) is 3.97. The summed E-state index contributed by atoms with van der Waals surface area (Å²) in [5.74, 6) is 1.28. The minimum absolute atomic E-state index is 0.333. The molecule has 2 atom stereocenters. The summed E-state index contributed by atoms with van der Waals surface area (Å²) in [6, 6.07) is 33.1. The number of hydrogen-bond donors (Lipinski definition) is 0. The van der Waals surface area contributed by atoms with Gasteiger partial charge in [0.05, 0.1) is 28.4 Å². The van der Waals surface area contributed by atoms with Crippen molar-refractivity contribution in [3.05, 3.63) is 125 Å². The molecule has 0 saturated heterocycles. The van der Waals surface area contributed by atoms with Gasteiger partial charge in [0.1, 0.15) is 23.3 Å². The van der Waals surface area contributed by atoms with Crippen molar-refractivity contribution in [3.63, 3.8) is 0 Å². The van der Waals surface area contributed by atoms with Crippen LogP contribution >= 0.6 is 0 Å². The van der Waals surface area contributed by atoms with E-state index in [9.17, 15) is 4.79 Å². The van der Waals surface area contributed by atoms with Gasteiger partial charge in [-0.3, -0.25) is 9.69 Å². The number of carbonyl (C=O) groups excluding carboxylic acids is 1. The first-order valence-corrected chi connectivity index (χ1v) is 12.8. The maximum absolute atomic E-state index is 13.8. The van der Waals surface area contributed by atoms with Gasteiger partial charge in [-0.2, -0.15) is 0 Å². The van der Waals surface area contributed by atoms with Crippen LogP contribution in [0.4, 0.5) is 0 Å². The minimum Gasteiger partial charge on any atom is -0.497 e. The molecule has 6 heteroatoms. The lowest BCUT2D eigenvalue weighted by atomic mass is 9.83. The van der Waals surface area contributed by atoms with Crippen molar-refractivity contribution in [2.45, 2.75) is 25.0 Å². The summed E-state index contributed by atoms with van der Waals surface area (Å²) in [6.45, 7) is 1.08. The van der Waals surface area contributed by atoms with Crippen molar-refractivity contribution in [1.82, 2.24) is 4.90 Å². The van der Waals surface area contributed by atoms with Crippen LogP contribution in [-0.2, 0) is 22.6 Å². The molecule has 4 aromatic rings. The third kappa shape index (κ3) is 6.78. The van der Waals surface area contributed by atoms with E-state index in [-0.39, 0.29) is 5.97 Å². The van der Waals surface area contributed by atoms with Crippen LogP contribution < -0.4 is 14.2 Å². The van der Waals surface area contributed by atoms with E-state index < -0.39 is 12.0 Å². The summed E-state index contributed by atoms with van der Waals surface area (Å²) in [4.78, 5) is 16.0. The lowest BCUT2D eigenvalue weighted by molar-refractivity contribution is -0.148. The Morgan fingerprint density at radius 2 is 1.21 bits per heavy atom.